The Morgan fingerprint density at radius 3 is 2.74 bits per heavy atom. The van der Waals surface area contributed by atoms with E-state index in [-0.39, 0.29) is 17.3 Å². The van der Waals surface area contributed by atoms with Crippen LogP contribution in [0.2, 0.25) is 0 Å². The van der Waals surface area contributed by atoms with Crippen molar-refractivity contribution in [2.45, 2.75) is 6.92 Å². The summed E-state index contributed by atoms with van der Waals surface area (Å²) in [6.45, 7) is 1.54. The summed E-state index contributed by atoms with van der Waals surface area (Å²) in [5.41, 5.74) is 1.41. The Balaban J connectivity index is 2.21. The molecule has 3 heterocycles. The standard InChI is InChI=1S/C9H7N7O2S/c1-3-8(16(17)18)14-6(12-3)7-13-5-4(9(19)15-7)10-2-11-5/h2H,1H3,(H,12,14)(H2,10,11,13,15,19). The van der Waals surface area contributed by atoms with Gasteiger partial charge < -0.3 is 20.1 Å². The van der Waals surface area contributed by atoms with E-state index in [1.165, 1.54) is 6.33 Å². The van der Waals surface area contributed by atoms with Crippen LogP contribution in [-0.4, -0.2) is 34.8 Å². The Bertz CT molecular complexity index is 846. The lowest BCUT2D eigenvalue weighted by atomic mass is 10.5. The van der Waals surface area contributed by atoms with E-state index in [1.807, 2.05) is 0 Å². The summed E-state index contributed by atoms with van der Waals surface area (Å²) < 4.78 is 0.318. The number of rotatable bonds is 2. The van der Waals surface area contributed by atoms with E-state index in [0.717, 1.165) is 0 Å². The second-order valence-electron chi connectivity index (χ2n) is 3.79. The van der Waals surface area contributed by atoms with Gasteiger partial charge in [-0.15, -0.1) is 0 Å². The predicted octanol–water partition coefficient (Wildman–Crippen LogP) is 1.62. The van der Waals surface area contributed by atoms with Crippen LogP contribution in [0.25, 0.3) is 22.8 Å². The highest BCUT2D eigenvalue weighted by molar-refractivity contribution is 7.71. The molecule has 0 fully saturated rings. The molecule has 19 heavy (non-hydrogen) atoms. The summed E-state index contributed by atoms with van der Waals surface area (Å²) in [4.78, 5) is 30.8. The monoisotopic (exact) mass is 277 g/mol. The fourth-order valence-corrected chi connectivity index (χ4v) is 1.95. The van der Waals surface area contributed by atoms with Gasteiger partial charge >= 0.3 is 5.82 Å². The molecule has 9 nitrogen and oxygen atoms in total. The second-order valence-corrected chi connectivity index (χ2v) is 4.18. The molecule has 0 amide bonds. The number of aromatic nitrogens is 6. The third kappa shape index (κ3) is 1.78. The Labute approximate surface area is 110 Å². The van der Waals surface area contributed by atoms with Crippen molar-refractivity contribution < 1.29 is 4.92 Å². The van der Waals surface area contributed by atoms with Gasteiger partial charge in [-0.2, -0.15) is 0 Å². The number of hydrogen-bond acceptors (Lipinski definition) is 6. The highest BCUT2D eigenvalue weighted by Gasteiger charge is 2.19. The van der Waals surface area contributed by atoms with Gasteiger partial charge in [-0.25, -0.2) is 19.9 Å². The summed E-state index contributed by atoms with van der Waals surface area (Å²) >= 11 is 5.11. The van der Waals surface area contributed by atoms with Crippen molar-refractivity contribution in [3.8, 4) is 11.6 Å². The number of nitrogens with zero attached hydrogens (tertiary/aromatic N) is 4. The molecule has 0 aliphatic heterocycles. The second kappa shape index (κ2) is 3.95. The Morgan fingerprint density at radius 1 is 1.32 bits per heavy atom. The maximum atomic E-state index is 10.8. The minimum atomic E-state index is -0.534. The zero-order chi connectivity index (χ0) is 13.6. The zero-order valence-corrected chi connectivity index (χ0v) is 10.4. The molecule has 0 aliphatic carbocycles. The van der Waals surface area contributed by atoms with Gasteiger partial charge in [-0.05, 0) is 11.8 Å². The maximum Gasteiger partial charge on any atom is 0.343 e. The Hall–Kier alpha value is -2.62. The van der Waals surface area contributed by atoms with E-state index in [2.05, 4.69) is 29.9 Å². The van der Waals surface area contributed by atoms with Crippen molar-refractivity contribution in [1.82, 2.24) is 29.9 Å². The number of imidazole rings is 2. The van der Waals surface area contributed by atoms with E-state index in [9.17, 15) is 10.1 Å². The molecule has 0 bridgehead atoms. The first-order valence-corrected chi connectivity index (χ1v) is 5.62. The third-order valence-corrected chi connectivity index (χ3v) is 2.86. The van der Waals surface area contributed by atoms with Crippen molar-refractivity contribution in [1.29, 1.82) is 0 Å². The fraction of sp³-hybridized carbons (Fsp3) is 0.111. The summed E-state index contributed by atoms with van der Waals surface area (Å²) in [6, 6.07) is 0. The minimum absolute atomic E-state index is 0.168. The molecule has 0 spiro atoms. The number of fused-ring (bicyclic) bond motifs is 1. The van der Waals surface area contributed by atoms with Crippen LogP contribution in [0.3, 0.4) is 0 Å². The Kier molecular flexibility index (Phi) is 2.38. The van der Waals surface area contributed by atoms with Gasteiger partial charge in [0.25, 0.3) is 5.82 Å². The van der Waals surface area contributed by atoms with Crippen LogP contribution in [-0.2, 0) is 0 Å². The minimum Gasteiger partial charge on any atom is -0.358 e. The van der Waals surface area contributed by atoms with Crippen LogP contribution in [0.5, 0.6) is 0 Å². The number of aryl methyl sites for hydroxylation is 1. The molecule has 0 aromatic carbocycles. The normalized spacial score (nSPS) is 11.0. The van der Waals surface area contributed by atoms with Gasteiger partial charge in [-0.1, -0.05) is 12.2 Å². The van der Waals surface area contributed by atoms with Gasteiger partial charge in [0.2, 0.25) is 5.82 Å². The molecule has 10 heteroatoms. The molecule has 3 aromatic heterocycles. The smallest absolute Gasteiger partial charge is 0.343 e. The van der Waals surface area contributed by atoms with Crippen LogP contribution in [0.4, 0.5) is 5.82 Å². The van der Waals surface area contributed by atoms with Crippen LogP contribution in [0, 0.1) is 21.7 Å². The summed E-state index contributed by atoms with van der Waals surface area (Å²) in [7, 11) is 0. The van der Waals surface area contributed by atoms with Crippen LogP contribution in [0.15, 0.2) is 6.33 Å². The molecule has 0 radical (unpaired) electrons. The molecule has 3 rings (SSSR count). The average molecular weight is 277 g/mol. The molecular weight excluding hydrogens is 270 g/mol. The van der Waals surface area contributed by atoms with Crippen molar-refractivity contribution in [2.75, 3.05) is 0 Å². The summed E-state index contributed by atoms with van der Waals surface area (Å²) in [5, 5.41) is 10.8. The lowest BCUT2D eigenvalue weighted by Gasteiger charge is -1.94. The molecule has 0 saturated heterocycles. The molecule has 0 aliphatic rings. The first-order valence-electron chi connectivity index (χ1n) is 5.21. The number of nitro groups is 1. The third-order valence-electron chi connectivity index (χ3n) is 2.57. The van der Waals surface area contributed by atoms with Crippen molar-refractivity contribution in [3.63, 3.8) is 0 Å². The predicted molar refractivity (Wildman–Crippen MR) is 68.0 cm³/mol. The van der Waals surface area contributed by atoms with E-state index in [1.54, 1.807) is 6.92 Å². The Morgan fingerprint density at radius 2 is 2.05 bits per heavy atom. The SMILES string of the molecule is Cc1nc(-c2nc(=S)c3[nH]cnc3[nH]2)[nH]c1[N+](=O)[O-]. The number of aromatic amines is 3. The highest BCUT2D eigenvalue weighted by Crippen LogP contribution is 2.20. The van der Waals surface area contributed by atoms with Crippen LogP contribution in [0.1, 0.15) is 5.69 Å². The number of nitrogens with one attached hydrogen (secondary N) is 3. The van der Waals surface area contributed by atoms with Crippen molar-refractivity contribution in [3.05, 3.63) is 26.8 Å². The summed E-state index contributed by atoms with van der Waals surface area (Å²) in [6.07, 6.45) is 1.48. The van der Waals surface area contributed by atoms with Crippen LogP contribution < -0.4 is 0 Å². The number of hydrogen-bond donors (Lipinski definition) is 3. The lowest BCUT2D eigenvalue weighted by molar-refractivity contribution is -0.389. The van der Waals surface area contributed by atoms with Gasteiger partial charge in [0, 0.05) is 0 Å². The van der Waals surface area contributed by atoms with Gasteiger partial charge in [0.15, 0.2) is 10.3 Å². The maximum absolute atomic E-state index is 10.8. The quantitative estimate of drug-likeness (QED) is 0.371. The van der Waals surface area contributed by atoms with E-state index >= 15 is 0 Å². The first kappa shape index (κ1) is 11.5. The molecule has 0 saturated carbocycles. The molecule has 3 N–H and O–H groups in total. The first-order chi connectivity index (χ1) is 9.06. The molecule has 0 atom stereocenters. The molecule has 3 aromatic rings. The largest absolute Gasteiger partial charge is 0.358 e. The molecule has 96 valence electrons. The average Bonchev–Trinajstić information content (AvgIpc) is 2.94. The fourth-order valence-electron chi connectivity index (χ4n) is 1.70. The lowest BCUT2D eigenvalue weighted by Crippen LogP contribution is -1.93. The molecular formula is C9H7N7O2S. The summed E-state index contributed by atoms with van der Waals surface area (Å²) in [5.74, 6) is 0.388. The van der Waals surface area contributed by atoms with E-state index in [0.29, 0.717) is 21.6 Å². The number of H-pyrrole nitrogens is 3. The topological polar surface area (TPSA) is 129 Å². The highest BCUT2D eigenvalue weighted by atomic mass is 32.1. The van der Waals surface area contributed by atoms with E-state index in [4.69, 9.17) is 12.2 Å². The van der Waals surface area contributed by atoms with Crippen LogP contribution >= 0.6 is 12.2 Å². The van der Waals surface area contributed by atoms with Crippen molar-refractivity contribution >= 4 is 29.2 Å². The van der Waals surface area contributed by atoms with Crippen molar-refractivity contribution in [2.24, 2.45) is 0 Å². The zero-order valence-electron chi connectivity index (χ0n) is 9.59. The van der Waals surface area contributed by atoms with Gasteiger partial charge in [0.1, 0.15) is 11.2 Å². The molecule has 0 unspecified atom stereocenters. The van der Waals surface area contributed by atoms with E-state index < -0.39 is 4.92 Å². The van der Waals surface area contributed by atoms with Gasteiger partial charge in [-0.3, -0.25) is 0 Å². The van der Waals surface area contributed by atoms with Gasteiger partial charge in [0.05, 0.1) is 6.33 Å².